The van der Waals surface area contributed by atoms with Crippen LogP contribution in [0.4, 0.5) is 4.39 Å². The second-order valence-corrected chi connectivity index (χ2v) is 8.03. The summed E-state index contributed by atoms with van der Waals surface area (Å²) in [6.45, 7) is 1.02. The number of hydrogen-bond donors (Lipinski definition) is 2. The molecule has 0 saturated carbocycles. The summed E-state index contributed by atoms with van der Waals surface area (Å²) in [4.78, 5) is 35.1. The highest BCUT2D eigenvalue weighted by Gasteiger charge is 2.29. The number of carbonyl (C=O) groups excluding carboxylic acids is 2. The summed E-state index contributed by atoms with van der Waals surface area (Å²) in [6.07, 6.45) is 3.89. The molecule has 0 aliphatic carbocycles. The van der Waals surface area contributed by atoms with Gasteiger partial charge in [-0.05, 0) is 31.0 Å². The van der Waals surface area contributed by atoms with E-state index in [4.69, 9.17) is 16.3 Å². The molecule has 1 fully saturated rings. The van der Waals surface area contributed by atoms with Crippen LogP contribution in [0.3, 0.4) is 0 Å². The highest BCUT2D eigenvalue weighted by Crippen LogP contribution is 2.29. The summed E-state index contributed by atoms with van der Waals surface area (Å²) in [6, 6.07) is 5.83. The Labute approximate surface area is 194 Å². The second kappa shape index (κ2) is 9.95. The van der Waals surface area contributed by atoms with Crippen LogP contribution in [0, 0.1) is 11.7 Å². The Hall–Kier alpha value is -3.53. The number of hydrogen-bond acceptors (Lipinski definition) is 6. The third-order valence-corrected chi connectivity index (χ3v) is 5.80. The van der Waals surface area contributed by atoms with E-state index >= 15 is 0 Å². The van der Waals surface area contributed by atoms with E-state index in [0.29, 0.717) is 53.8 Å². The van der Waals surface area contributed by atoms with Crippen LogP contribution in [0.15, 0.2) is 36.7 Å². The van der Waals surface area contributed by atoms with E-state index in [1.165, 1.54) is 31.6 Å². The number of piperidine rings is 1. The molecule has 0 bridgehead atoms. The molecule has 9 nitrogen and oxygen atoms in total. The van der Waals surface area contributed by atoms with E-state index in [1.54, 1.807) is 17.0 Å². The number of amides is 2. The maximum absolute atomic E-state index is 13.2. The van der Waals surface area contributed by atoms with Crippen molar-refractivity contribution in [1.82, 2.24) is 30.4 Å². The Morgan fingerprint density at radius 2 is 2.06 bits per heavy atom. The van der Waals surface area contributed by atoms with Crippen molar-refractivity contribution in [2.75, 3.05) is 20.2 Å². The lowest BCUT2D eigenvalue weighted by Gasteiger charge is -2.30. The van der Waals surface area contributed by atoms with Gasteiger partial charge in [-0.25, -0.2) is 9.37 Å². The van der Waals surface area contributed by atoms with E-state index in [-0.39, 0.29) is 30.0 Å². The van der Waals surface area contributed by atoms with Gasteiger partial charge >= 0.3 is 0 Å². The summed E-state index contributed by atoms with van der Waals surface area (Å²) >= 11 is 6.22. The largest absolute Gasteiger partial charge is 0.481 e. The van der Waals surface area contributed by atoms with Gasteiger partial charge in [0.05, 0.1) is 36.3 Å². The molecule has 1 aliphatic rings. The molecule has 3 aromatic rings. The minimum absolute atomic E-state index is 0.128. The fraction of sp³-hybridized carbons (Fsp3) is 0.318. The number of likely N-dealkylation sites (tertiary alicyclic amines) is 1. The van der Waals surface area contributed by atoms with Crippen LogP contribution in [0.1, 0.15) is 29.0 Å². The van der Waals surface area contributed by atoms with Crippen molar-refractivity contribution in [1.29, 1.82) is 0 Å². The first-order valence-corrected chi connectivity index (χ1v) is 10.7. The lowest BCUT2D eigenvalue weighted by atomic mass is 9.95. The molecular formula is C22H22ClFN6O3. The summed E-state index contributed by atoms with van der Waals surface area (Å²) in [5.41, 5.74) is 1.91. The maximum atomic E-state index is 13.2. The van der Waals surface area contributed by atoms with Gasteiger partial charge < -0.3 is 15.0 Å². The molecule has 11 heteroatoms. The first-order chi connectivity index (χ1) is 15.9. The van der Waals surface area contributed by atoms with Crippen molar-refractivity contribution in [3.05, 3.63) is 58.9 Å². The van der Waals surface area contributed by atoms with Gasteiger partial charge in [0, 0.05) is 36.8 Å². The monoisotopic (exact) mass is 472 g/mol. The van der Waals surface area contributed by atoms with Crippen molar-refractivity contribution in [2.45, 2.75) is 19.4 Å². The van der Waals surface area contributed by atoms with Crippen LogP contribution in [-0.2, 0) is 11.3 Å². The summed E-state index contributed by atoms with van der Waals surface area (Å²) in [5, 5.41) is 10.2. The average molecular weight is 473 g/mol. The topological polar surface area (TPSA) is 113 Å². The summed E-state index contributed by atoms with van der Waals surface area (Å²) in [5.74, 6) is -0.576. The number of H-pyrrole nitrogens is 1. The lowest BCUT2D eigenvalue weighted by molar-refractivity contribution is -0.126. The Morgan fingerprint density at radius 3 is 2.79 bits per heavy atom. The second-order valence-electron chi connectivity index (χ2n) is 7.62. The van der Waals surface area contributed by atoms with Crippen LogP contribution in [0.5, 0.6) is 5.88 Å². The van der Waals surface area contributed by atoms with Gasteiger partial charge in [0.2, 0.25) is 11.8 Å². The molecule has 0 radical (unpaired) electrons. The fourth-order valence-electron chi connectivity index (χ4n) is 3.68. The SMILES string of the molecule is COc1cc(-c2cc(C(=O)N3CCC(C(=O)NCc4cc(F)ccn4)CC3)n[nH]2)c(Cl)cn1. The van der Waals surface area contributed by atoms with Gasteiger partial charge in [-0.2, -0.15) is 5.10 Å². The van der Waals surface area contributed by atoms with Crippen molar-refractivity contribution in [2.24, 2.45) is 5.92 Å². The summed E-state index contributed by atoms with van der Waals surface area (Å²) in [7, 11) is 1.50. The molecule has 1 aliphatic heterocycles. The molecule has 3 aromatic heterocycles. The third-order valence-electron chi connectivity index (χ3n) is 5.50. The standard InChI is InChI=1S/C22H22ClFN6O3/c1-33-20-9-16(17(23)12-26-20)18-10-19(29-28-18)22(32)30-6-3-13(4-7-30)21(31)27-11-15-8-14(24)2-5-25-15/h2,5,8-10,12-13H,3-4,6-7,11H2,1H3,(H,27,31)(H,28,29). The van der Waals surface area contributed by atoms with E-state index in [0.717, 1.165) is 0 Å². The van der Waals surface area contributed by atoms with E-state index in [9.17, 15) is 14.0 Å². The molecule has 4 rings (SSSR count). The van der Waals surface area contributed by atoms with Gasteiger partial charge in [0.1, 0.15) is 5.82 Å². The Balaban J connectivity index is 1.33. The van der Waals surface area contributed by atoms with E-state index < -0.39 is 5.82 Å². The van der Waals surface area contributed by atoms with Crippen LogP contribution in [0.25, 0.3) is 11.3 Å². The number of aromatic nitrogens is 4. The van der Waals surface area contributed by atoms with Crippen molar-refractivity contribution < 1.29 is 18.7 Å². The number of methoxy groups -OCH3 is 1. The third kappa shape index (κ3) is 5.28. The first-order valence-electron chi connectivity index (χ1n) is 10.4. The smallest absolute Gasteiger partial charge is 0.274 e. The lowest BCUT2D eigenvalue weighted by Crippen LogP contribution is -2.43. The molecule has 33 heavy (non-hydrogen) atoms. The molecule has 1 saturated heterocycles. The number of nitrogens with zero attached hydrogens (tertiary/aromatic N) is 4. The molecule has 0 atom stereocenters. The van der Waals surface area contributed by atoms with Crippen LogP contribution in [-0.4, -0.2) is 57.1 Å². The Bertz CT molecular complexity index is 1160. The van der Waals surface area contributed by atoms with Gasteiger partial charge in [-0.3, -0.25) is 19.7 Å². The Kier molecular flexibility index (Phi) is 6.83. The minimum atomic E-state index is -0.395. The predicted octanol–water partition coefficient (Wildman–Crippen LogP) is 2.84. The van der Waals surface area contributed by atoms with Crippen molar-refractivity contribution >= 4 is 23.4 Å². The zero-order valence-electron chi connectivity index (χ0n) is 17.8. The fourth-order valence-corrected chi connectivity index (χ4v) is 3.89. The number of carbonyl (C=O) groups is 2. The average Bonchev–Trinajstić information content (AvgIpc) is 3.32. The van der Waals surface area contributed by atoms with E-state index in [2.05, 4.69) is 25.5 Å². The quantitative estimate of drug-likeness (QED) is 0.570. The number of ether oxygens (including phenoxy) is 1. The van der Waals surface area contributed by atoms with Gasteiger partial charge in [-0.15, -0.1) is 0 Å². The zero-order valence-corrected chi connectivity index (χ0v) is 18.6. The molecule has 0 spiro atoms. The van der Waals surface area contributed by atoms with Crippen molar-refractivity contribution in [3.8, 4) is 17.1 Å². The van der Waals surface area contributed by atoms with Crippen LogP contribution < -0.4 is 10.1 Å². The molecule has 172 valence electrons. The highest BCUT2D eigenvalue weighted by atomic mass is 35.5. The van der Waals surface area contributed by atoms with Gasteiger partial charge in [0.25, 0.3) is 5.91 Å². The molecule has 4 heterocycles. The molecule has 2 N–H and O–H groups in total. The maximum Gasteiger partial charge on any atom is 0.274 e. The first kappa shape index (κ1) is 22.7. The predicted molar refractivity (Wildman–Crippen MR) is 118 cm³/mol. The van der Waals surface area contributed by atoms with Crippen molar-refractivity contribution in [3.63, 3.8) is 0 Å². The van der Waals surface area contributed by atoms with Crippen LogP contribution in [0.2, 0.25) is 5.02 Å². The molecular weight excluding hydrogens is 451 g/mol. The Morgan fingerprint density at radius 1 is 1.27 bits per heavy atom. The van der Waals surface area contributed by atoms with Gasteiger partial charge in [0.15, 0.2) is 5.69 Å². The number of pyridine rings is 2. The minimum Gasteiger partial charge on any atom is -0.481 e. The zero-order chi connectivity index (χ0) is 23.4. The molecule has 0 unspecified atom stereocenters. The normalized spacial score (nSPS) is 14.2. The summed E-state index contributed by atoms with van der Waals surface area (Å²) < 4.78 is 18.4. The van der Waals surface area contributed by atoms with Gasteiger partial charge in [-0.1, -0.05) is 11.6 Å². The number of nitrogens with one attached hydrogen (secondary N) is 2. The number of halogens is 2. The highest BCUT2D eigenvalue weighted by molar-refractivity contribution is 6.33. The van der Waals surface area contributed by atoms with Crippen LogP contribution >= 0.6 is 11.6 Å². The van der Waals surface area contributed by atoms with E-state index in [1.807, 2.05) is 0 Å². The molecule has 2 amide bonds. The number of rotatable bonds is 6. The molecule has 0 aromatic carbocycles. The number of aromatic amines is 1.